The molecule has 3 aromatic rings. The molecule has 0 amide bonds. The maximum absolute atomic E-state index is 12.0. The monoisotopic (exact) mass is 346 g/mol. The molecule has 0 unspecified atom stereocenters. The van der Waals surface area contributed by atoms with Crippen LogP contribution in [0.5, 0.6) is 11.5 Å². The van der Waals surface area contributed by atoms with Gasteiger partial charge in [0.1, 0.15) is 11.5 Å². The molecule has 0 radical (unpaired) electrons. The van der Waals surface area contributed by atoms with Crippen molar-refractivity contribution in [1.29, 1.82) is 0 Å². The summed E-state index contributed by atoms with van der Waals surface area (Å²) in [6.45, 7) is 5.92. The highest BCUT2D eigenvalue weighted by Gasteiger charge is 2.09. The van der Waals surface area contributed by atoms with Crippen LogP contribution in [0.1, 0.15) is 16.7 Å². The Morgan fingerprint density at radius 2 is 1.42 bits per heavy atom. The summed E-state index contributed by atoms with van der Waals surface area (Å²) in [6.07, 6.45) is 0. The molecule has 0 heterocycles. The SMILES string of the molecule is Cc1ccc(-c2ccc(OC(=O)COc3cccc(C)c3C)cc2)cc1. The molecule has 0 N–H and O–H groups in total. The molecule has 0 saturated carbocycles. The van der Waals surface area contributed by atoms with Gasteiger partial charge >= 0.3 is 5.97 Å². The second-order valence-corrected chi connectivity index (χ2v) is 6.35. The molecule has 0 fully saturated rings. The lowest BCUT2D eigenvalue weighted by Gasteiger charge is -2.11. The average molecular weight is 346 g/mol. The third-order valence-electron chi connectivity index (χ3n) is 4.37. The number of carbonyl (C=O) groups excluding carboxylic acids is 1. The van der Waals surface area contributed by atoms with Gasteiger partial charge in [-0.05, 0) is 61.2 Å². The first-order valence-electron chi connectivity index (χ1n) is 8.60. The van der Waals surface area contributed by atoms with Gasteiger partial charge in [0, 0.05) is 0 Å². The molecule has 3 rings (SSSR count). The predicted octanol–water partition coefficient (Wildman–Crippen LogP) is 5.26. The van der Waals surface area contributed by atoms with Gasteiger partial charge in [0.2, 0.25) is 0 Å². The van der Waals surface area contributed by atoms with E-state index in [4.69, 9.17) is 9.47 Å². The minimum atomic E-state index is -0.422. The molecule has 0 aliphatic carbocycles. The van der Waals surface area contributed by atoms with Gasteiger partial charge < -0.3 is 9.47 Å². The van der Waals surface area contributed by atoms with Crippen LogP contribution in [0.2, 0.25) is 0 Å². The molecular weight excluding hydrogens is 324 g/mol. The van der Waals surface area contributed by atoms with E-state index in [1.165, 1.54) is 5.56 Å². The Labute approximate surface area is 154 Å². The van der Waals surface area contributed by atoms with Crippen LogP contribution >= 0.6 is 0 Å². The van der Waals surface area contributed by atoms with Crippen molar-refractivity contribution in [3.63, 3.8) is 0 Å². The van der Waals surface area contributed by atoms with Crippen molar-refractivity contribution in [2.75, 3.05) is 6.61 Å². The third kappa shape index (κ3) is 4.31. The molecule has 0 atom stereocenters. The van der Waals surface area contributed by atoms with Crippen LogP contribution in [0.15, 0.2) is 66.7 Å². The standard InChI is InChI=1S/C23H22O3/c1-16-7-9-19(10-8-16)20-11-13-21(14-12-20)26-23(24)15-25-22-6-4-5-17(2)18(22)3/h4-14H,15H2,1-3H3. The minimum Gasteiger partial charge on any atom is -0.482 e. The molecule has 3 heteroatoms. The molecular formula is C23H22O3. The Morgan fingerprint density at radius 1 is 0.808 bits per heavy atom. The third-order valence-corrected chi connectivity index (χ3v) is 4.37. The Hall–Kier alpha value is -3.07. The summed E-state index contributed by atoms with van der Waals surface area (Å²) in [5.41, 5.74) is 5.59. The molecule has 3 nitrogen and oxygen atoms in total. The van der Waals surface area contributed by atoms with Gasteiger partial charge in [-0.1, -0.05) is 54.1 Å². The van der Waals surface area contributed by atoms with Crippen LogP contribution in [0.25, 0.3) is 11.1 Å². The smallest absolute Gasteiger partial charge is 0.349 e. The van der Waals surface area contributed by atoms with Crippen molar-refractivity contribution in [3.8, 4) is 22.6 Å². The Kier molecular flexibility index (Phi) is 5.37. The highest BCUT2D eigenvalue weighted by Crippen LogP contribution is 2.23. The molecule has 0 aliphatic heterocycles. The predicted molar refractivity (Wildman–Crippen MR) is 104 cm³/mol. The van der Waals surface area contributed by atoms with E-state index in [9.17, 15) is 4.79 Å². The highest BCUT2D eigenvalue weighted by atomic mass is 16.6. The number of hydrogen-bond donors (Lipinski definition) is 0. The molecule has 0 saturated heterocycles. The largest absolute Gasteiger partial charge is 0.482 e. The summed E-state index contributed by atoms with van der Waals surface area (Å²) < 4.78 is 10.9. The van der Waals surface area contributed by atoms with Crippen molar-refractivity contribution in [2.24, 2.45) is 0 Å². The van der Waals surface area contributed by atoms with E-state index in [1.807, 2.05) is 44.2 Å². The van der Waals surface area contributed by atoms with Gasteiger partial charge in [-0.3, -0.25) is 0 Å². The summed E-state index contributed by atoms with van der Waals surface area (Å²) in [5, 5.41) is 0. The lowest BCUT2D eigenvalue weighted by Crippen LogP contribution is -2.18. The van der Waals surface area contributed by atoms with Crippen molar-refractivity contribution in [1.82, 2.24) is 0 Å². The number of benzene rings is 3. The quantitative estimate of drug-likeness (QED) is 0.467. The fourth-order valence-corrected chi connectivity index (χ4v) is 2.64. The molecule has 0 aromatic heterocycles. The van der Waals surface area contributed by atoms with Crippen molar-refractivity contribution >= 4 is 5.97 Å². The summed E-state index contributed by atoms with van der Waals surface area (Å²) in [6, 6.07) is 21.6. The molecule has 26 heavy (non-hydrogen) atoms. The van der Waals surface area contributed by atoms with Crippen molar-refractivity contribution in [3.05, 3.63) is 83.4 Å². The normalized spacial score (nSPS) is 10.4. The van der Waals surface area contributed by atoms with E-state index < -0.39 is 5.97 Å². The zero-order valence-electron chi connectivity index (χ0n) is 15.3. The first-order valence-corrected chi connectivity index (χ1v) is 8.60. The average Bonchev–Trinajstić information content (AvgIpc) is 2.64. The number of esters is 1. The molecule has 132 valence electrons. The van der Waals surface area contributed by atoms with Gasteiger partial charge in [-0.2, -0.15) is 0 Å². The molecule has 0 bridgehead atoms. The van der Waals surface area contributed by atoms with Crippen LogP contribution in [-0.4, -0.2) is 12.6 Å². The number of ether oxygens (including phenoxy) is 2. The van der Waals surface area contributed by atoms with Crippen LogP contribution < -0.4 is 9.47 Å². The van der Waals surface area contributed by atoms with E-state index in [0.29, 0.717) is 11.5 Å². The van der Waals surface area contributed by atoms with Crippen molar-refractivity contribution < 1.29 is 14.3 Å². The van der Waals surface area contributed by atoms with Gasteiger partial charge in [0.05, 0.1) is 0 Å². The zero-order valence-corrected chi connectivity index (χ0v) is 15.3. The lowest BCUT2D eigenvalue weighted by molar-refractivity contribution is -0.136. The zero-order chi connectivity index (χ0) is 18.5. The first-order chi connectivity index (χ1) is 12.5. The fraction of sp³-hybridized carbons (Fsp3) is 0.174. The first kappa shape index (κ1) is 17.7. The van der Waals surface area contributed by atoms with Gasteiger partial charge in [-0.25, -0.2) is 4.79 Å². The Balaban J connectivity index is 1.59. The summed E-state index contributed by atoms with van der Waals surface area (Å²) in [7, 11) is 0. The number of rotatable bonds is 5. The Bertz CT molecular complexity index is 894. The Morgan fingerprint density at radius 3 is 2.08 bits per heavy atom. The van der Waals surface area contributed by atoms with Crippen molar-refractivity contribution in [2.45, 2.75) is 20.8 Å². The van der Waals surface area contributed by atoms with E-state index in [2.05, 4.69) is 31.2 Å². The van der Waals surface area contributed by atoms with Crippen LogP contribution in [-0.2, 0) is 4.79 Å². The molecule has 0 spiro atoms. The number of hydrogen-bond acceptors (Lipinski definition) is 3. The number of aryl methyl sites for hydroxylation is 2. The van der Waals surface area contributed by atoms with E-state index in [-0.39, 0.29) is 6.61 Å². The van der Waals surface area contributed by atoms with Gasteiger partial charge in [0.25, 0.3) is 0 Å². The summed E-state index contributed by atoms with van der Waals surface area (Å²) >= 11 is 0. The topological polar surface area (TPSA) is 35.5 Å². The highest BCUT2D eigenvalue weighted by molar-refractivity contribution is 5.74. The lowest BCUT2D eigenvalue weighted by atomic mass is 10.0. The van der Waals surface area contributed by atoms with Crippen LogP contribution in [0.3, 0.4) is 0 Å². The molecule has 0 aliphatic rings. The molecule has 3 aromatic carbocycles. The second-order valence-electron chi connectivity index (χ2n) is 6.35. The summed E-state index contributed by atoms with van der Waals surface area (Å²) in [5.74, 6) is 0.793. The maximum Gasteiger partial charge on any atom is 0.349 e. The minimum absolute atomic E-state index is 0.121. The number of carbonyl (C=O) groups is 1. The van der Waals surface area contributed by atoms with Gasteiger partial charge in [-0.15, -0.1) is 0 Å². The fourth-order valence-electron chi connectivity index (χ4n) is 2.64. The summed E-state index contributed by atoms with van der Waals surface area (Å²) in [4.78, 5) is 12.0. The van der Waals surface area contributed by atoms with E-state index >= 15 is 0 Å². The van der Waals surface area contributed by atoms with Crippen LogP contribution in [0.4, 0.5) is 0 Å². The van der Waals surface area contributed by atoms with Crippen LogP contribution in [0, 0.1) is 20.8 Å². The van der Waals surface area contributed by atoms with Gasteiger partial charge in [0.15, 0.2) is 6.61 Å². The van der Waals surface area contributed by atoms with E-state index in [0.717, 1.165) is 22.3 Å². The maximum atomic E-state index is 12.0. The van der Waals surface area contributed by atoms with E-state index in [1.54, 1.807) is 12.1 Å². The second kappa shape index (κ2) is 7.87.